The Bertz CT molecular complexity index is 574. The van der Waals surface area contributed by atoms with Crippen molar-refractivity contribution in [3.63, 3.8) is 0 Å². The van der Waals surface area contributed by atoms with Gasteiger partial charge < -0.3 is 15.0 Å². The van der Waals surface area contributed by atoms with Gasteiger partial charge in [0.2, 0.25) is 5.91 Å². The number of benzene rings is 1. The van der Waals surface area contributed by atoms with Gasteiger partial charge in [0.05, 0.1) is 18.0 Å². The van der Waals surface area contributed by atoms with Crippen molar-refractivity contribution in [1.29, 1.82) is 0 Å². The van der Waals surface area contributed by atoms with Gasteiger partial charge in [0, 0.05) is 36.8 Å². The molecule has 7 nitrogen and oxygen atoms in total. The van der Waals surface area contributed by atoms with Crippen LogP contribution in [0.5, 0.6) is 0 Å². The lowest BCUT2D eigenvalue weighted by Gasteiger charge is -2.32. The molecule has 1 fully saturated rings. The van der Waals surface area contributed by atoms with Crippen LogP contribution in [0.4, 0.5) is 11.4 Å². The third kappa shape index (κ3) is 4.90. The van der Waals surface area contributed by atoms with Crippen LogP contribution in [0.3, 0.4) is 0 Å². The molecular weight excluding hydrogens is 366 g/mol. The molecule has 0 spiro atoms. The Morgan fingerprint density at radius 2 is 2.17 bits per heavy atom. The number of nitrogens with zero attached hydrogens (tertiary/aromatic N) is 2. The molecular formula is C15H20BrN3O4. The molecule has 1 aliphatic rings. The first-order chi connectivity index (χ1) is 11.0. The summed E-state index contributed by atoms with van der Waals surface area (Å²) in [6.45, 7) is 1.74. The number of hydrogen-bond acceptors (Lipinski definition) is 5. The number of likely N-dealkylation sites (tertiary alicyclic amines) is 1. The van der Waals surface area contributed by atoms with Gasteiger partial charge in [-0.3, -0.25) is 14.9 Å². The molecule has 8 heteroatoms. The first kappa shape index (κ1) is 17.7. The van der Waals surface area contributed by atoms with Crippen LogP contribution in [0.1, 0.15) is 19.3 Å². The lowest BCUT2D eigenvalue weighted by atomic mass is 10.0. The van der Waals surface area contributed by atoms with Crippen molar-refractivity contribution in [2.24, 2.45) is 0 Å². The van der Waals surface area contributed by atoms with Crippen molar-refractivity contribution in [3.8, 4) is 0 Å². The van der Waals surface area contributed by atoms with Gasteiger partial charge in [-0.05, 0) is 25.0 Å². The number of methoxy groups -OCH3 is 1. The van der Waals surface area contributed by atoms with E-state index in [4.69, 9.17) is 4.74 Å². The maximum Gasteiger partial charge on any atom is 0.292 e. The number of ether oxygens (including phenoxy) is 1. The van der Waals surface area contributed by atoms with Gasteiger partial charge in [0.15, 0.2) is 0 Å². The second-order valence-corrected chi connectivity index (χ2v) is 6.38. The lowest BCUT2D eigenvalue weighted by molar-refractivity contribution is -0.384. The van der Waals surface area contributed by atoms with E-state index in [1.807, 2.05) is 4.90 Å². The normalized spacial score (nSPS) is 15.5. The van der Waals surface area contributed by atoms with Crippen LogP contribution >= 0.6 is 15.9 Å². The highest BCUT2D eigenvalue weighted by Crippen LogP contribution is 2.29. The van der Waals surface area contributed by atoms with Gasteiger partial charge in [0.25, 0.3) is 5.69 Å². The number of nitro groups is 1. The Balaban J connectivity index is 1.93. The Hall–Kier alpha value is -1.67. The van der Waals surface area contributed by atoms with E-state index in [0.717, 1.165) is 17.3 Å². The molecule has 0 saturated carbocycles. The van der Waals surface area contributed by atoms with Crippen molar-refractivity contribution in [2.75, 3.05) is 32.1 Å². The largest absolute Gasteiger partial charge is 0.384 e. The highest BCUT2D eigenvalue weighted by molar-refractivity contribution is 9.10. The standard InChI is InChI=1S/C15H20BrN3O4/c1-23-9-6-15(20)18-7-4-12(5-8-18)17-13-10-11(16)2-3-14(13)19(21)22/h2-3,10,12,17H,4-9H2,1H3. The summed E-state index contributed by atoms with van der Waals surface area (Å²) in [5, 5.41) is 14.3. The number of halogens is 1. The summed E-state index contributed by atoms with van der Waals surface area (Å²) in [4.78, 5) is 24.5. The Morgan fingerprint density at radius 3 is 2.78 bits per heavy atom. The molecule has 1 aromatic carbocycles. The van der Waals surface area contributed by atoms with Crippen molar-refractivity contribution in [2.45, 2.75) is 25.3 Å². The minimum atomic E-state index is -0.391. The fraction of sp³-hybridized carbons (Fsp3) is 0.533. The Morgan fingerprint density at radius 1 is 1.48 bits per heavy atom. The second-order valence-electron chi connectivity index (χ2n) is 5.46. The van der Waals surface area contributed by atoms with Crippen molar-refractivity contribution in [3.05, 3.63) is 32.8 Å². The van der Waals surface area contributed by atoms with E-state index >= 15 is 0 Å². The average molecular weight is 386 g/mol. The quantitative estimate of drug-likeness (QED) is 0.600. The smallest absolute Gasteiger partial charge is 0.292 e. The predicted molar refractivity (Wildman–Crippen MR) is 90.5 cm³/mol. The van der Waals surface area contributed by atoms with Crippen LogP contribution in [0.25, 0.3) is 0 Å². The van der Waals surface area contributed by atoms with Gasteiger partial charge in [-0.1, -0.05) is 15.9 Å². The zero-order chi connectivity index (χ0) is 16.8. The number of hydrogen-bond donors (Lipinski definition) is 1. The Labute approximate surface area is 143 Å². The third-order valence-corrected chi connectivity index (χ3v) is 4.38. The molecule has 1 saturated heterocycles. The van der Waals surface area contributed by atoms with Crippen LogP contribution in [-0.2, 0) is 9.53 Å². The maximum atomic E-state index is 11.9. The number of amides is 1. The van der Waals surface area contributed by atoms with E-state index in [1.165, 1.54) is 6.07 Å². The first-order valence-electron chi connectivity index (χ1n) is 7.48. The van der Waals surface area contributed by atoms with E-state index in [9.17, 15) is 14.9 Å². The average Bonchev–Trinajstić information content (AvgIpc) is 2.53. The summed E-state index contributed by atoms with van der Waals surface area (Å²) in [7, 11) is 1.58. The molecule has 1 aliphatic heterocycles. The first-order valence-corrected chi connectivity index (χ1v) is 8.27. The monoisotopic (exact) mass is 385 g/mol. The fourth-order valence-electron chi connectivity index (χ4n) is 2.62. The number of carbonyl (C=O) groups is 1. The molecule has 1 amide bonds. The Kier molecular flexibility index (Phi) is 6.35. The summed E-state index contributed by atoms with van der Waals surface area (Å²) in [5.41, 5.74) is 0.570. The summed E-state index contributed by atoms with van der Waals surface area (Å²) in [6, 6.07) is 4.97. The van der Waals surface area contributed by atoms with E-state index in [1.54, 1.807) is 19.2 Å². The van der Waals surface area contributed by atoms with Gasteiger partial charge in [-0.25, -0.2) is 0 Å². The summed E-state index contributed by atoms with van der Waals surface area (Å²) in [6.07, 6.45) is 1.93. The molecule has 0 unspecified atom stereocenters. The molecule has 0 bridgehead atoms. The highest BCUT2D eigenvalue weighted by Gasteiger charge is 2.24. The summed E-state index contributed by atoms with van der Waals surface area (Å²) < 4.78 is 5.71. The molecule has 1 aromatic rings. The van der Waals surface area contributed by atoms with Crippen molar-refractivity contribution in [1.82, 2.24) is 4.90 Å². The van der Waals surface area contributed by atoms with Crippen molar-refractivity contribution < 1.29 is 14.5 Å². The van der Waals surface area contributed by atoms with Gasteiger partial charge in [-0.15, -0.1) is 0 Å². The van der Waals surface area contributed by atoms with E-state index in [-0.39, 0.29) is 17.6 Å². The zero-order valence-electron chi connectivity index (χ0n) is 13.0. The topological polar surface area (TPSA) is 84.7 Å². The molecule has 23 heavy (non-hydrogen) atoms. The molecule has 0 aliphatic carbocycles. The van der Waals surface area contributed by atoms with E-state index < -0.39 is 4.92 Å². The van der Waals surface area contributed by atoms with Crippen LogP contribution < -0.4 is 5.32 Å². The minimum Gasteiger partial charge on any atom is -0.384 e. The zero-order valence-corrected chi connectivity index (χ0v) is 14.5. The third-order valence-electron chi connectivity index (χ3n) is 3.88. The van der Waals surface area contributed by atoms with Crippen molar-refractivity contribution >= 4 is 33.2 Å². The summed E-state index contributed by atoms with van der Waals surface area (Å²) >= 11 is 3.34. The molecule has 1 heterocycles. The fourth-order valence-corrected chi connectivity index (χ4v) is 2.98. The predicted octanol–water partition coefficient (Wildman–Crippen LogP) is 2.80. The number of rotatable bonds is 6. The van der Waals surface area contributed by atoms with Gasteiger partial charge in [0.1, 0.15) is 5.69 Å². The molecule has 126 valence electrons. The number of nitro benzene ring substituents is 1. The number of piperidine rings is 1. The highest BCUT2D eigenvalue weighted by atomic mass is 79.9. The van der Waals surface area contributed by atoms with Crippen LogP contribution in [-0.4, -0.2) is 48.6 Å². The van der Waals surface area contributed by atoms with Crippen LogP contribution in [0.2, 0.25) is 0 Å². The molecule has 2 rings (SSSR count). The number of nitrogens with one attached hydrogen (secondary N) is 1. The number of carbonyl (C=O) groups excluding carboxylic acids is 1. The maximum absolute atomic E-state index is 11.9. The van der Waals surface area contributed by atoms with Crippen LogP contribution in [0, 0.1) is 10.1 Å². The number of anilines is 1. The molecule has 0 aromatic heterocycles. The second kappa shape index (κ2) is 8.26. The van der Waals surface area contributed by atoms with Gasteiger partial charge in [-0.2, -0.15) is 0 Å². The molecule has 0 radical (unpaired) electrons. The SMILES string of the molecule is COCCC(=O)N1CCC(Nc2cc(Br)ccc2[N+](=O)[O-])CC1. The van der Waals surface area contributed by atoms with E-state index in [0.29, 0.717) is 31.8 Å². The molecule has 1 N–H and O–H groups in total. The van der Waals surface area contributed by atoms with Gasteiger partial charge >= 0.3 is 0 Å². The minimum absolute atomic E-state index is 0.0619. The van der Waals surface area contributed by atoms with E-state index in [2.05, 4.69) is 21.2 Å². The summed E-state index contributed by atoms with van der Waals surface area (Å²) in [5.74, 6) is 0.0961. The molecule has 0 atom stereocenters. The lowest BCUT2D eigenvalue weighted by Crippen LogP contribution is -2.42. The van der Waals surface area contributed by atoms with Crippen LogP contribution in [0.15, 0.2) is 22.7 Å².